The van der Waals surface area contributed by atoms with Gasteiger partial charge in [-0.15, -0.1) is 0 Å². The van der Waals surface area contributed by atoms with Crippen LogP contribution in [0.3, 0.4) is 0 Å². The number of methoxy groups -OCH3 is 1. The molecule has 1 aromatic rings. The molecule has 1 rings (SSSR count). The molecule has 0 aliphatic rings. The minimum atomic E-state index is -0.301. The molecule has 5 nitrogen and oxygen atoms in total. The molecule has 88 valence electrons. The summed E-state index contributed by atoms with van der Waals surface area (Å²) in [5.41, 5.74) is 0.100. The Bertz CT molecular complexity index is 377. The van der Waals surface area contributed by atoms with Crippen molar-refractivity contribution >= 4 is 5.69 Å². The molecule has 16 heavy (non-hydrogen) atoms. The summed E-state index contributed by atoms with van der Waals surface area (Å²) >= 11 is 0. The van der Waals surface area contributed by atoms with Gasteiger partial charge in [0.1, 0.15) is 11.4 Å². The van der Waals surface area contributed by atoms with E-state index in [-0.39, 0.29) is 11.4 Å². The number of hydrogen-bond donors (Lipinski definition) is 1. The molecule has 0 saturated carbocycles. The first kappa shape index (κ1) is 12.2. The van der Waals surface area contributed by atoms with Crippen LogP contribution in [0.25, 0.3) is 0 Å². The Balaban J connectivity index is 3.02. The molecular weight excluding hydrogens is 208 g/mol. The third-order valence-corrected chi connectivity index (χ3v) is 1.92. The Kier molecular flexibility index (Phi) is 4.02. The first-order valence-corrected chi connectivity index (χ1v) is 4.73. The lowest BCUT2D eigenvalue weighted by Crippen LogP contribution is -2.15. The maximum atomic E-state index is 11.6. The van der Waals surface area contributed by atoms with Crippen molar-refractivity contribution in [3.8, 4) is 11.5 Å². The molecule has 0 aliphatic heterocycles. The average molecular weight is 223 g/mol. The summed E-state index contributed by atoms with van der Waals surface area (Å²) in [6.45, 7) is 0. The number of para-hydroxylation sites is 1. The zero-order chi connectivity index (χ0) is 12.1. The van der Waals surface area contributed by atoms with Crippen LogP contribution in [0.1, 0.15) is 0 Å². The summed E-state index contributed by atoms with van der Waals surface area (Å²) in [5, 5.41) is 22.0. The number of hydroxylamine groups is 1. The minimum absolute atomic E-state index is 0.100. The third-order valence-electron chi connectivity index (χ3n) is 1.92. The molecule has 5 heteroatoms. The molecular formula is C11H15N2O3-. The van der Waals surface area contributed by atoms with E-state index in [0.29, 0.717) is 5.75 Å². The van der Waals surface area contributed by atoms with Gasteiger partial charge in [-0.1, -0.05) is 17.9 Å². The Morgan fingerprint density at radius 2 is 2.00 bits per heavy atom. The van der Waals surface area contributed by atoms with Gasteiger partial charge in [0.15, 0.2) is 0 Å². The van der Waals surface area contributed by atoms with Gasteiger partial charge in [0.2, 0.25) is 0 Å². The molecule has 0 saturated heterocycles. The fourth-order valence-corrected chi connectivity index (χ4v) is 1.16. The minimum Gasteiger partial charge on any atom is -0.871 e. The zero-order valence-corrected chi connectivity index (χ0v) is 9.54. The average Bonchev–Trinajstić information content (AvgIpc) is 2.25. The van der Waals surface area contributed by atoms with Crippen molar-refractivity contribution in [1.29, 1.82) is 0 Å². The molecule has 0 fully saturated rings. The molecule has 0 bridgehead atoms. The van der Waals surface area contributed by atoms with E-state index in [0.717, 1.165) is 5.06 Å². The second kappa shape index (κ2) is 5.27. The Morgan fingerprint density at radius 3 is 2.56 bits per heavy atom. The van der Waals surface area contributed by atoms with E-state index < -0.39 is 0 Å². The molecule has 0 spiro atoms. The van der Waals surface area contributed by atoms with Crippen LogP contribution in [0.5, 0.6) is 11.5 Å². The first-order chi connectivity index (χ1) is 7.56. The van der Waals surface area contributed by atoms with Crippen LogP contribution in [0, 0.1) is 0 Å². The third kappa shape index (κ3) is 2.80. The van der Waals surface area contributed by atoms with E-state index in [4.69, 9.17) is 4.74 Å². The van der Waals surface area contributed by atoms with Crippen molar-refractivity contribution in [2.45, 2.75) is 0 Å². The highest BCUT2D eigenvalue weighted by molar-refractivity contribution is 5.66. The lowest BCUT2D eigenvalue weighted by atomic mass is 10.2. The number of anilines is 1. The van der Waals surface area contributed by atoms with Crippen LogP contribution in [0.15, 0.2) is 30.6 Å². The Hall–Kier alpha value is -1.88. The van der Waals surface area contributed by atoms with Crippen molar-refractivity contribution in [2.24, 2.45) is 0 Å². The summed E-state index contributed by atoms with van der Waals surface area (Å²) in [4.78, 5) is 1.74. The van der Waals surface area contributed by atoms with Crippen LogP contribution in [0.2, 0.25) is 0 Å². The van der Waals surface area contributed by atoms with E-state index in [1.807, 2.05) is 14.1 Å². The molecule has 1 N–H and O–H groups in total. The van der Waals surface area contributed by atoms with Crippen molar-refractivity contribution in [3.63, 3.8) is 0 Å². The van der Waals surface area contributed by atoms with Crippen molar-refractivity contribution in [2.75, 3.05) is 26.3 Å². The van der Waals surface area contributed by atoms with Crippen molar-refractivity contribution in [1.82, 2.24) is 4.90 Å². The smallest absolute Gasteiger partial charge is 0.144 e. The van der Waals surface area contributed by atoms with Gasteiger partial charge in [-0.25, -0.2) is 5.06 Å². The molecule has 0 atom stereocenters. The highest BCUT2D eigenvalue weighted by Gasteiger charge is 2.07. The standard InChI is InChI=1S/C11H16N2O3/c1-12(2)7-8-13(15)11-9(14)5-4-6-10(11)16-3/h4-8,14-15H,1-3H3/p-1/b8-7+. The summed E-state index contributed by atoms with van der Waals surface area (Å²) in [6, 6.07) is 4.56. The van der Waals surface area contributed by atoms with E-state index >= 15 is 0 Å². The maximum Gasteiger partial charge on any atom is 0.144 e. The summed E-state index contributed by atoms with van der Waals surface area (Å²) in [5.74, 6) is 0.0312. The van der Waals surface area contributed by atoms with Gasteiger partial charge in [0, 0.05) is 26.5 Å². The van der Waals surface area contributed by atoms with Crippen molar-refractivity contribution < 1.29 is 15.1 Å². The Labute approximate surface area is 94.7 Å². The number of benzene rings is 1. The van der Waals surface area contributed by atoms with Crippen LogP contribution in [-0.4, -0.2) is 31.3 Å². The second-order valence-electron chi connectivity index (χ2n) is 3.41. The van der Waals surface area contributed by atoms with E-state index in [1.165, 1.54) is 19.4 Å². The summed E-state index contributed by atoms with van der Waals surface area (Å²) < 4.78 is 5.00. The van der Waals surface area contributed by atoms with Gasteiger partial charge >= 0.3 is 0 Å². The quantitative estimate of drug-likeness (QED) is 0.771. The lowest BCUT2D eigenvalue weighted by molar-refractivity contribution is -0.267. The van der Waals surface area contributed by atoms with E-state index in [1.54, 1.807) is 23.2 Å². The zero-order valence-electron chi connectivity index (χ0n) is 9.54. The lowest BCUT2D eigenvalue weighted by Gasteiger charge is -2.22. The number of hydrogen-bond acceptors (Lipinski definition) is 5. The molecule has 0 amide bonds. The first-order valence-electron chi connectivity index (χ1n) is 4.73. The van der Waals surface area contributed by atoms with Gasteiger partial charge in [-0.2, -0.15) is 0 Å². The number of rotatable bonds is 4. The molecule has 0 heterocycles. The highest BCUT2D eigenvalue weighted by atomic mass is 16.5. The fourth-order valence-electron chi connectivity index (χ4n) is 1.16. The molecule has 0 unspecified atom stereocenters. The topological polar surface area (TPSA) is 59.0 Å². The van der Waals surface area contributed by atoms with E-state index in [2.05, 4.69) is 0 Å². The monoisotopic (exact) mass is 223 g/mol. The molecule has 1 aromatic carbocycles. The van der Waals surface area contributed by atoms with Gasteiger partial charge < -0.3 is 14.7 Å². The van der Waals surface area contributed by atoms with Crippen LogP contribution < -0.4 is 14.9 Å². The normalized spacial score (nSPS) is 10.5. The SMILES string of the molecule is COc1cccc([O-])c1N(O)/C=C/N(C)C. The predicted octanol–water partition coefficient (Wildman–Crippen LogP) is 0.997. The second-order valence-corrected chi connectivity index (χ2v) is 3.41. The summed E-state index contributed by atoms with van der Waals surface area (Å²) in [7, 11) is 5.07. The largest absolute Gasteiger partial charge is 0.871 e. The molecule has 0 aromatic heterocycles. The van der Waals surface area contributed by atoms with Crippen molar-refractivity contribution in [3.05, 3.63) is 30.6 Å². The van der Waals surface area contributed by atoms with Gasteiger partial charge in [0.05, 0.1) is 7.11 Å². The highest BCUT2D eigenvalue weighted by Crippen LogP contribution is 2.34. The van der Waals surface area contributed by atoms with Crippen LogP contribution >= 0.6 is 0 Å². The summed E-state index contributed by atoms with van der Waals surface area (Å²) in [6.07, 6.45) is 2.99. The van der Waals surface area contributed by atoms with Crippen LogP contribution in [-0.2, 0) is 0 Å². The fraction of sp³-hybridized carbons (Fsp3) is 0.273. The number of ether oxygens (including phenoxy) is 1. The number of nitrogens with zero attached hydrogens (tertiary/aromatic N) is 2. The Morgan fingerprint density at radius 1 is 1.31 bits per heavy atom. The van der Waals surface area contributed by atoms with E-state index in [9.17, 15) is 10.3 Å². The van der Waals surface area contributed by atoms with Gasteiger partial charge in [-0.3, -0.25) is 5.21 Å². The predicted molar refractivity (Wildman–Crippen MR) is 59.5 cm³/mol. The van der Waals surface area contributed by atoms with Gasteiger partial charge in [-0.05, 0) is 6.07 Å². The molecule has 0 radical (unpaired) electrons. The molecule has 0 aliphatic carbocycles. The maximum absolute atomic E-state index is 11.6. The van der Waals surface area contributed by atoms with Crippen LogP contribution in [0.4, 0.5) is 5.69 Å². The van der Waals surface area contributed by atoms with Gasteiger partial charge in [0.25, 0.3) is 0 Å².